The van der Waals surface area contributed by atoms with Crippen molar-refractivity contribution in [2.45, 2.75) is 25.7 Å². The summed E-state index contributed by atoms with van der Waals surface area (Å²) in [5.74, 6) is -1.85. The number of rotatable bonds is 6. The van der Waals surface area contributed by atoms with Crippen molar-refractivity contribution in [1.82, 2.24) is 4.90 Å². The van der Waals surface area contributed by atoms with E-state index in [4.69, 9.17) is 29.3 Å². The van der Waals surface area contributed by atoms with E-state index in [0.29, 0.717) is 0 Å². The lowest BCUT2D eigenvalue weighted by Gasteiger charge is -2.26. The van der Waals surface area contributed by atoms with Crippen molar-refractivity contribution >= 4 is 11.9 Å². The summed E-state index contributed by atoms with van der Waals surface area (Å²) in [6.45, 7) is 4.49. The number of likely N-dealkylation sites (tertiary alicyclic amines) is 1. The number of aliphatic carboxylic acids is 2. The minimum Gasteiger partial charge on any atom is -0.497 e. The largest absolute Gasteiger partial charge is 0.497 e. The average Bonchev–Trinajstić information content (AvgIpc) is 2.60. The molecule has 0 aromatic heterocycles. The zero-order valence-corrected chi connectivity index (χ0v) is 13.9. The SMILES string of the molecule is COc1ccc(OCCCN2CCCCC2)cc1.O=C(O)C(=O)O. The molecule has 0 aliphatic carbocycles. The summed E-state index contributed by atoms with van der Waals surface area (Å²) >= 11 is 0. The summed E-state index contributed by atoms with van der Waals surface area (Å²) in [7, 11) is 1.68. The van der Waals surface area contributed by atoms with Gasteiger partial charge in [0.25, 0.3) is 0 Å². The number of hydrogen-bond acceptors (Lipinski definition) is 5. The van der Waals surface area contributed by atoms with Gasteiger partial charge in [-0.25, -0.2) is 9.59 Å². The molecule has 2 N–H and O–H groups in total. The lowest BCUT2D eigenvalue weighted by molar-refractivity contribution is -0.159. The van der Waals surface area contributed by atoms with Crippen molar-refractivity contribution in [2.75, 3.05) is 33.4 Å². The smallest absolute Gasteiger partial charge is 0.414 e. The first-order valence-corrected chi connectivity index (χ1v) is 7.98. The molecule has 134 valence electrons. The molecular formula is C17H25NO6. The van der Waals surface area contributed by atoms with Crippen molar-refractivity contribution < 1.29 is 29.3 Å². The van der Waals surface area contributed by atoms with Crippen LogP contribution in [0.3, 0.4) is 0 Å². The van der Waals surface area contributed by atoms with Crippen LogP contribution in [0.25, 0.3) is 0 Å². The Morgan fingerprint density at radius 1 is 1.00 bits per heavy atom. The summed E-state index contributed by atoms with van der Waals surface area (Å²) in [6.07, 6.45) is 5.23. The van der Waals surface area contributed by atoms with E-state index in [9.17, 15) is 0 Å². The molecule has 1 saturated heterocycles. The lowest BCUT2D eigenvalue weighted by atomic mass is 10.1. The van der Waals surface area contributed by atoms with Crippen LogP contribution in [-0.4, -0.2) is 60.4 Å². The van der Waals surface area contributed by atoms with E-state index in [0.717, 1.165) is 31.1 Å². The number of piperidine rings is 1. The van der Waals surface area contributed by atoms with E-state index in [1.165, 1.54) is 32.4 Å². The molecule has 0 unspecified atom stereocenters. The highest BCUT2D eigenvalue weighted by Gasteiger charge is 2.08. The maximum absolute atomic E-state index is 9.10. The van der Waals surface area contributed by atoms with Crippen LogP contribution in [-0.2, 0) is 9.59 Å². The first kappa shape index (κ1) is 19.8. The molecule has 7 nitrogen and oxygen atoms in total. The second-order valence-electron chi connectivity index (χ2n) is 5.39. The van der Waals surface area contributed by atoms with Crippen LogP contribution < -0.4 is 9.47 Å². The Labute approximate surface area is 141 Å². The first-order valence-electron chi connectivity index (χ1n) is 7.98. The molecule has 24 heavy (non-hydrogen) atoms. The number of carboxylic acids is 2. The molecule has 1 aliphatic rings. The van der Waals surface area contributed by atoms with Crippen LogP contribution in [0.15, 0.2) is 24.3 Å². The van der Waals surface area contributed by atoms with Gasteiger partial charge in [0.05, 0.1) is 13.7 Å². The minimum atomic E-state index is -1.82. The summed E-state index contributed by atoms with van der Waals surface area (Å²) < 4.78 is 10.8. The van der Waals surface area contributed by atoms with Crippen molar-refractivity contribution in [2.24, 2.45) is 0 Å². The third-order valence-corrected chi connectivity index (χ3v) is 3.58. The Morgan fingerprint density at radius 3 is 2.04 bits per heavy atom. The van der Waals surface area contributed by atoms with E-state index < -0.39 is 11.9 Å². The van der Waals surface area contributed by atoms with E-state index in [1.54, 1.807) is 7.11 Å². The maximum Gasteiger partial charge on any atom is 0.414 e. The number of carboxylic acid groups (broad SMARTS) is 2. The fourth-order valence-electron chi connectivity index (χ4n) is 2.33. The molecule has 0 spiro atoms. The second-order valence-corrected chi connectivity index (χ2v) is 5.39. The number of ether oxygens (including phenoxy) is 2. The van der Waals surface area contributed by atoms with Gasteiger partial charge >= 0.3 is 11.9 Å². The van der Waals surface area contributed by atoms with Crippen LogP contribution >= 0.6 is 0 Å². The van der Waals surface area contributed by atoms with Crippen LogP contribution in [0.5, 0.6) is 11.5 Å². The van der Waals surface area contributed by atoms with Crippen molar-refractivity contribution in [3.05, 3.63) is 24.3 Å². The van der Waals surface area contributed by atoms with Gasteiger partial charge in [0.15, 0.2) is 0 Å². The Bertz CT molecular complexity index is 484. The molecule has 1 aromatic rings. The molecule has 0 radical (unpaired) electrons. The number of hydrogen-bond donors (Lipinski definition) is 2. The molecular weight excluding hydrogens is 314 g/mol. The Kier molecular flexibility index (Phi) is 9.29. The summed E-state index contributed by atoms with van der Waals surface area (Å²) in [4.78, 5) is 20.7. The highest BCUT2D eigenvalue weighted by atomic mass is 16.5. The Morgan fingerprint density at radius 2 is 1.54 bits per heavy atom. The third kappa shape index (κ3) is 8.38. The first-order chi connectivity index (χ1) is 11.5. The zero-order chi connectivity index (χ0) is 17.8. The molecule has 0 atom stereocenters. The standard InChI is InChI=1S/C15H23NO2.C2H2O4/c1-17-14-6-8-15(9-7-14)18-13-5-12-16-10-3-2-4-11-16;3-1(4)2(5)6/h6-9H,2-5,10-13H2,1H3;(H,3,4)(H,5,6). The van der Waals surface area contributed by atoms with Gasteiger partial charge in [-0.05, 0) is 56.6 Å². The predicted molar refractivity (Wildman–Crippen MR) is 88.7 cm³/mol. The third-order valence-electron chi connectivity index (χ3n) is 3.58. The van der Waals surface area contributed by atoms with Crippen LogP contribution in [0.4, 0.5) is 0 Å². The van der Waals surface area contributed by atoms with Crippen molar-refractivity contribution in [3.63, 3.8) is 0 Å². The summed E-state index contributed by atoms with van der Waals surface area (Å²) in [6, 6.07) is 7.78. The Hall–Kier alpha value is -2.28. The average molecular weight is 339 g/mol. The molecule has 1 aromatic carbocycles. The topological polar surface area (TPSA) is 96.3 Å². The van der Waals surface area contributed by atoms with Gasteiger partial charge in [-0.1, -0.05) is 6.42 Å². The fourth-order valence-corrected chi connectivity index (χ4v) is 2.33. The summed E-state index contributed by atoms with van der Waals surface area (Å²) in [5.41, 5.74) is 0. The number of methoxy groups -OCH3 is 1. The predicted octanol–water partition coefficient (Wildman–Crippen LogP) is 2.11. The molecule has 0 amide bonds. The molecule has 0 saturated carbocycles. The number of nitrogens with zero attached hydrogens (tertiary/aromatic N) is 1. The van der Waals surface area contributed by atoms with Gasteiger partial charge in [-0.15, -0.1) is 0 Å². The number of carbonyl (C=O) groups is 2. The lowest BCUT2D eigenvalue weighted by Crippen LogP contribution is -2.31. The molecule has 1 aliphatic heterocycles. The molecule has 1 heterocycles. The van der Waals surface area contributed by atoms with E-state index in [1.807, 2.05) is 24.3 Å². The van der Waals surface area contributed by atoms with Gasteiger partial charge in [-0.3, -0.25) is 0 Å². The minimum absolute atomic E-state index is 0.794. The Balaban J connectivity index is 0.000000413. The second kappa shape index (κ2) is 11.3. The van der Waals surface area contributed by atoms with Gasteiger partial charge in [0, 0.05) is 6.54 Å². The van der Waals surface area contributed by atoms with E-state index >= 15 is 0 Å². The van der Waals surface area contributed by atoms with E-state index in [-0.39, 0.29) is 0 Å². The number of benzene rings is 1. The van der Waals surface area contributed by atoms with Gasteiger partial charge < -0.3 is 24.6 Å². The highest BCUT2D eigenvalue weighted by molar-refractivity contribution is 6.27. The molecule has 0 bridgehead atoms. The van der Waals surface area contributed by atoms with Crippen LogP contribution in [0.2, 0.25) is 0 Å². The van der Waals surface area contributed by atoms with Crippen LogP contribution in [0.1, 0.15) is 25.7 Å². The fraction of sp³-hybridized carbons (Fsp3) is 0.529. The molecule has 1 fully saturated rings. The normalized spacial score (nSPS) is 14.2. The van der Waals surface area contributed by atoms with Gasteiger partial charge in [-0.2, -0.15) is 0 Å². The maximum atomic E-state index is 9.10. The summed E-state index contributed by atoms with van der Waals surface area (Å²) in [5, 5.41) is 14.8. The van der Waals surface area contributed by atoms with Crippen molar-refractivity contribution in [1.29, 1.82) is 0 Å². The van der Waals surface area contributed by atoms with E-state index in [2.05, 4.69) is 4.90 Å². The zero-order valence-electron chi connectivity index (χ0n) is 13.9. The van der Waals surface area contributed by atoms with Gasteiger partial charge in [0.2, 0.25) is 0 Å². The van der Waals surface area contributed by atoms with Crippen LogP contribution in [0, 0.1) is 0 Å². The molecule has 2 rings (SSSR count). The monoisotopic (exact) mass is 339 g/mol. The highest BCUT2D eigenvalue weighted by Crippen LogP contribution is 2.17. The van der Waals surface area contributed by atoms with Gasteiger partial charge in [0.1, 0.15) is 11.5 Å². The molecule has 7 heteroatoms. The van der Waals surface area contributed by atoms with Crippen molar-refractivity contribution in [3.8, 4) is 11.5 Å². The quantitative estimate of drug-likeness (QED) is 0.605.